The highest BCUT2D eigenvalue weighted by Gasteiger charge is 2.25. The summed E-state index contributed by atoms with van der Waals surface area (Å²) in [6.45, 7) is 5.68. The number of nitrogens with zero attached hydrogens (tertiary/aromatic N) is 2. The number of hydrogen-bond acceptors (Lipinski definition) is 3. The second-order valence-electron chi connectivity index (χ2n) is 9.63. The van der Waals surface area contributed by atoms with Gasteiger partial charge in [0, 0.05) is 23.4 Å². The van der Waals surface area contributed by atoms with Crippen LogP contribution in [0.2, 0.25) is 0 Å². The van der Waals surface area contributed by atoms with Crippen LogP contribution in [0.25, 0.3) is 22.4 Å². The number of aryl methyl sites for hydroxylation is 1. The van der Waals surface area contributed by atoms with Gasteiger partial charge in [-0.2, -0.15) is 5.10 Å². The number of carbonyl (C=O) groups is 1. The van der Waals surface area contributed by atoms with Gasteiger partial charge in [0.25, 0.3) is 0 Å². The summed E-state index contributed by atoms with van der Waals surface area (Å²) in [6, 6.07) is 19.3. The molecule has 5 nitrogen and oxygen atoms in total. The van der Waals surface area contributed by atoms with Crippen molar-refractivity contribution in [3.8, 4) is 22.4 Å². The molecular weight excluding hydrogens is 424 g/mol. The average molecular weight is 461 g/mol. The molecule has 0 aliphatic heterocycles. The van der Waals surface area contributed by atoms with Crippen molar-refractivity contribution in [2.45, 2.75) is 58.9 Å². The molecule has 0 saturated heterocycles. The zero-order chi connectivity index (χ0) is 23.9. The Kier molecular flexibility index (Phi) is 8.17. The Morgan fingerprint density at radius 1 is 1.03 bits per heavy atom. The molecule has 5 heteroatoms. The average Bonchev–Trinajstić information content (AvgIpc) is 3.19. The van der Waals surface area contributed by atoms with E-state index in [0.717, 1.165) is 56.3 Å². The van der Waals surface area contributed by atoms with Gasteiger partial charge in [-0.05, 0) is 56.4 Å². The molecule has 1 aliphatic carbocycles. The number of aliphatic carboxylic acids is 1. The highest BCUT2D eigenvalue weighted by Crippen LogP contribution is 2.37. The summed E-state index contributed by atoms with van der Waals surface area (Å²) in [6.07, 6.45) is 6.52. The lowest BCUT2D eigenvalue weighted by Crippen LogP contribution is -2.23. The van der Waals surface area contributed by atoms with Crippen molar-refractivity contribution in [2.24, 2.45) is 11.8 Å². The van der Waals surface area contributed by atoms with Gasteiger partial charge in [0.1, 0.15) is 12.3 Å². The smallest absolute Gasteiger partial charge is 0.329 e. The zero-order valence-corrected chi connectivity index (χ0v) is 20.4. The lowest BCUT2D eigenvalue weighted by atomic mass is 9.82. The van der Waals surface area contributed by atoms with Crippen LogP contribution in [0.15, 0.2) is 54.6 Å². The van der Waals surface area contributed by atoms with Crippen LogP contribution in [0.1, 0.15) is 50.3 Å². The number of aromatic nitrogens is 2. The van der Waals surface area contributed by atoms with Crippen LogP contribution in [-0.2, 0) is 22.5 Å². The maximum Gasteiger partial charge on any atom is 0.329 e. The topological polar surface area (TPSA) is 64.4 Å². The second kappa shape index (κ2) is 11.5. The molecule has 4 rings (SSSR count). The first-order chi connectivity index (χ1) is 16.5. The molecule has 1 N–H and O–H groups in total. The monoisotopic (exact) mass is 460 g/mol. The predicted molar refractivity (Wildman–Crippen MR) is 136 cm³/mol. The van der Waals surface area contributed by atoms with Crippen LogP contribution in [-0.4, -0.2) is 34.1 Å². The van der Waals surface area contributed by atoms with Gasteiger partial charge in [-0.1, -0.05) is 73.5 Å². The number of benzene rings is 2. The molecule has 180 valence electrons. The molecule has 0 amide bonds. The van der Waals surface area contributed by atoms with Gasteiger partial charge in [0.05, 0.1) is 6.61 Å². The van der Waals surface area contributed by atoms with E-state index in [1.165, 1.54) is 22.4 Å². The molecule has 2 aromatic carbocycles. The fourth-order valence-corrected chi connectivity index (χ4v) is 5.18. The van der Waals surface area contributed by atoms with Crippen LogP contribution >= 0.6 is 0 Å². The summed E-state index contributed by atoms with van der Waals surface area (Å²) >= 11 is 0. The lowest BCUT2D eigenvalue weighted by molar-refractivity contribution is -0.142. The number of ether oxygens (including phenoxy) is 1. The van der Waals surface area contributed by atoms with Gasteiger partial charge in [-0.3, -0.25) is 4.68 Å². The van der Waals surface area contributed by atoms with E-state index >= 15 is 0 Å². The quantitative estimate of drug-likeness (QED) is 0.381. The normalized spacial score (nSPS) is 18.2. The Hall–Kier alpha value is -2.92. The summed E-state index contributed by atoms with van der Waals surface area (Å²) in [5, 5.41) is 14.0. The molecule has 34 heavy (non-hydrogen) atoms. The molecule has 1 aliphatic rings. The van der Waals surface area contributed by atoms with Gasteiger partial charge >= 0.3 is 5.97 Å². The van der Waals surface area contributed by atoms with Crippen molar-refractivity contribution < 1.29 is 14.6 Å². The van der Waals surface area contributed by atoms with Crippen molar-refractivity contribution in [3.05, 3.63) is 65.9 Å². The Balaban J connectivity index is 1.59. The molecule has 3 aromatic rings. The maximum absolute atomic E-state index is 10.7. The van der Waals surface area contributed by atoms with Gasteiger partial charge in [-0.25, -0.2) is 4.79 Å². The third-order valence-corrected chi connectivity index (χ3v) is 6.87. The van der Waals surface area contributed by atoms with Crippen molar-refractivity contribution in [1.82, 2.24) is 9.78 Å². The predicted octanol–water partition coefficient (Wildman–Crippen LogP) is 6.39. The third-order valence-electron chi connectivity index (χ3n) is 6.87. The van der Waals surface area contributed by atoms with Gasteiger partial charge < -0.3 is 9.84 Å². The molecule has 1 saturated carbocycles. The van der Waals surface area contributed by atoms with E-state index in [4.69, 9.17) is 14.9 Å². The van der Waals surface area contributed by atoms with Crippen LogP contribution in [0, 0.1) is 18.8 Å². The van der Waals surface area contributed by atoms with E-state index in [2.05, 4.69) is 73.1 Å². The fourth-order valence-electron chi connectivity index (χ4n) is 5.18. The van der Waals surface area contributed by atoms with Crippen LogP contribution < -0.4 is 0 Å². The summed E-state index contributed by atoms with van der Waals surface area (Å²) in [5.74, 6) is 0.153. The molecule has 1 heterocycles. The Morgan fingerprint density at radius 3 is 2.41 bits per heavy atom. The summed E-state index contributed by atoms with van der Waals surface area (Å²) in [7, 11) is 0. The molecule has 0 bridgehead atoms. The molecular formula is C29H36N2O3. The minimum absolute atomic E-state index is 0.197. The van der Waals surface area contributed by atoms with Crippen LogP contribution in [0.5, 0.6) is 0 Å². The minimum atomic E-state index is -0.894. The third kappa shape index (κ3) is 5.95. The first kappa shape index (κ1) is 24.2. The molecule has 1 fully saturated rings. The number of hydrogen-bond donors (Lipinski definition) is 1. The summed E-state index contributed by atoms with van der Waals surface area (Å²) in [4.78, 5) is 10.7. The molecule has 0 radical (unpaired) electrons. The number of carboxylic acid groups (broad SMARTS) is 1. The van der Waals surface area contributed by atoms with Gasteiger partial charge in [0.15, 0.2) is 0 Å². The minimum Gasteiger partial charge on any atom is -0.480 e. The van der Waals surface area contributed by atoms with Gasteiger partial charge in [-0.15, -0.1) is 0 Å². The molecule has 1 aromatic heterocycles. The standard InChI is InChI=1S/C29H36N2O3/c1-3-8-26-28(25-12-7-9-21(2)17-25)29(24-10-5-4-6-11-24)30-31(26)18-22-13-15-23(16-14-22)19-34-20-27(32)33/h4-7,9-12,17,22-23H,3,8,13-16,18-20H2,1-2H3,(H,32,33). The van der Waals surface area contributed by atoms with Crippen molar-refractivity contribution in [1.29, 1.82) is 0 Å². The molecule has 0 unspecified atom stereocenters. The van der Waals surface area contributed by atoms with Crippen LogP contribution in [0.3, 0.4) is 0 Å². The maximum atomic E-state index is 10.7. The Labute approximate surface area is 202 Å². The largest absolute Gasteiger partial charge is 0.480 e. The SMILES string of the molecule is CCCc1c(-c2cccc(C)c2)c(-c2ccccc2)nn1CC1CCC(COCC(=O)O)CC1. The highest BCUT2D eigenvalue weighted by molar-refractivity contribution is 5.83. The Morgan fingerprint density at radius 2 is 1.74 bits per heavy atom. The van der Waals surface area contributed by atoms with E-state index in [0.29, 0.717) is 18.4 Å². The zero-order valence-electron chi connectivity index (χ0n) is 20.4. The number of carboxylic acids is 1. The van der Waals surface area contributed by atoms with Crippen molar-refractivity contribution >= 4 is 5.97 Å². The number of rotatable bonds is 10. The van der Waals surface area contributed by atoms with Crippen LogP contribution in [0.4, 0.5) is 0 Å². The summed E-state index contributed by atoms with van der Waals surface area (Å²) < 4.78 is 7.64. The highest BCUT2D eigenvalue weighted by atomic mass is 16.5. The summed E-state index contributed by atoms with van der Waals surface area (Å²) in [5.41, 5.74) is 7.34. The molecule has 0 atom stereocenters. The fraction of sp³-hybridized carbons (Fsp3) is 0.448. The van der Waals surface area contributed by atoms with E-state index in [-0.39, 0.29) is 6.61 Å². The second-order valence-corrected chi connectivity index (χ2v) is 9.63. The molecule has 0 spiro atoms. The first-order valence-corrected chi connectivity index (χ1v) is 12.6. The van der Waals surface area contributed by atoms with Crippen molar-refractivity contribution in [2.75, 3.05) is 13.2 Å². The Bertz CT molecular complexity index is 1080. The van der Waals surface area contributed by atoms with Gasteiger partial charge in [0.2, 0.25) is 0 Å². The van der Waals surface area contributed by atoms with E-state index in [9.17, 15) is 4.79 Å². The van der Waals surface area contributed by atoms with E-state index in [1.807, 2.05) is 0 Å². The first-order valence-electron chi connectivity index (χ1n) is 12.6. The van der Waals surface area contributed by atoms with E-state index < -0.39 is 5.97 Å². The lowest BCUT2D eigenvalue weighted by Gasteiger charge is -2.28. The van der Waals surface area contributed by atoms with Crippen molar-refractivity contribution in [3.63, 3.8) is 0 Å². The van der Waals surface area contributed by atoms with E-state index in [1.54, 1.807) is 0 Å².